The summed E-state index contributed by atoms with van der Waals surface area (Å²) in [5.74, 6) is 0.0595. The molecule has 124 valence electrons. The summed E-state index contributed by atoms with van der Waals surface area (Å²) in [4.78, 5) is 32.0. The van der Waals surface area contributed by atoms with Gasteiger partial charge in [-0.3, -0.25) is 14.2 Å². The van der Waals surface area contributed by atoms with E-state index < -0.39 is 0 Å². The number of carbonyl (C=O) groups excluding carboxylic acids is 1. The van der Waals surface area contributed by atoms with Crippen molar-refractivity contribution in [2.75, 3.05) is 12.3 Å². The first-order valence-corrected chi connectivity index (χ1v) is 8.38. The molecule has 0 aliphatic rings. The molecule has 0 spiro atoms. The monoisotopic (exact) mass is 344 g/mol. The number of rotatable bonds is 6. The van der Waals surface area contributed by atoms with Gasteiger partial charge in [0, 0.05) is 24.8 Å². The van der Waals surface area contributed by atoms with Crippen LogP contribution in [0.1, 0.15) is 5.56 Å². The predicted molar refractivity (Wildman–Crippen MR) is 91.0 cm³/mol. The fraction of sp³-hybridized carbons (Fsp3) is 0.250. The van der Waals surface area contributed by atoms with Gasteiger partial charge in [-0.1, -0.05) is 23.9 Å². The topological polar surface area (TPSA) is 90.0 Å². The van der Waals surface area contributed by atoms with Crippen LogP contribution in [0.5, 0.6) is 0 Å². The van der Waals surface area contributed by atoms with Crippen molar-refractivity contribution < 1.29 is 9.21 Å². The SMILES string of the molecule is Cc1cncn(CCNC(=O)CSc2nc3ccccc3o2)c1=O. The van der Waals surface area contributed by atoms with E-state index in [1.807, 2.05) is 24.3 Å². The molecule has 0 atom stereocenters. The fourth-order valence-corrected chi connectivity index (χ4v) is 2.79. The molecule has 1 amide bonds. The van der Waals surface area contributed by atoms with E-state index in [1.54, 1.807) is 6.92 Å². The molecule has 7 nitrogen and oxygen atoms in total. The highest BCUT2D eigenvalue weighted by atomic mass is 32.2. The second kappa shape index (κ2) is 7.31. The first-order valence-electron chi connectivity index (χ1n) is 7.39. The van der Waals surface area contributed by atoms with Crippen molar-refractivity contribution in [2.24, 2.45) is 0 Å². The molecule has 0 aliphatic carbocycles. The average Bonchev–Trinajstić information content (AvgIpc) is 3.00. The molecule has 0 aliphatic heterocycles. The number of fused-ring (bicyclic) bond motifs is 1. The number of aromatic nitrogens is 3. The van der Waals surface area contributed by atoms with Crippen LogP contribution < -0.4 is 10.9 Å². The number of hydrogen-bond donors (Lipinski definition) is 1. The van der Waals surface area contributed by atoms with Crippen LogP contribution in [0.3, 0.4) is 0 Å². The molecular formula is C16H16N4O3S. The molecule has 2 heterocycles. The summed E-state index contributed by atoms with van der Waals surface area (Å²) in [5.41, 5.74) is 1.95. The van der Waals surface area contributed by atoms with Crippen LogP contribution in [0.4, 0.5) is 0 Å². The fourth-order valence-electron chi connectivity index (χ4n) is 2.13. The largest absolute Gasteiger partial charge is 0.431 e. The Labute approximate surface area is 142 Å². The Balaban J connectivity index is 1.47. The van der Waals surface area contributed by atoms with E-state index in [4.69, 9.17) is 4.42 Å². The average molecular weight is 344 g/mol. The van der Waals surface area contributed by atoms with Crippen LogP contribution >= 0.6 is 11.8 Å². The zero-order valence-electron chi connectivity index (χ0n) is 13.1. The quantitative estimate of drug-likeness (QED) is 0.683. The number of nitrogens with zero attached hydrogens (tertiary/aromatic N) is 3. The maximum atomic E-state index is 11.9. The minimum absolute atomic E-state index is 0.0971. The molecule has 2 aromatic heterocycles. The number of oxazole rings is 1. The molecular weight excluding hydrogens is 328 g/mol. The normalized spacial score (nSPS) is 10.9. The Morgan fingerprint density at radius 3 is 3.04 bits per heavy atom. The predicted octanol–water partition coefficient (Wildman–Crippen LogP) is 1.60. The van der Waals surface area contributed by atoms with Crippen molar-refractivity contribution in [3.63, 3.8) is 0 Å². The summed E-state index contributed by atoms with van der Waals surface area (Å²) < 4.78 is 7.02. The first kappa shape index (κ1) is 16.3. The lowest BCUT2D eigenvalue weighted by Crippen LogP contribution is -2.32. The van der Waals surface area contributed by atoms with E-state index >= 15 is 0 Å². The van der Waals surface area contributed by atoms with Gasteiger partial charge in [-0.15, -0.1) is 0 Å². The molecule has 24 heavy (non-hydrogen) atoms. The molecule has 8 heteroatoms. The van der Waals surface area contributed by atoms with Crippen LogP contribution in [0.2, 0.25) is 0 Å². The molecule has 0 saturated heterocycles. The molecule has 0 fully saturated rings. The van der Waals surface area contributed by atoms with E-state index in [0.29, 0.717) is 29.5 Å². The Morgan fingerprint density at radius 2 is 2.21 bits per heavy atom. The van der Waals surface area contributed by atoms with E-state index in [0.717, 1.165) is 5.52 Å². The molecule has 1 N–H and O–H groups in total. The van der Waals surface area contributed by atoms with Gasteiger partial charge in [-0.05, 0) is 19.1 Å². The zero-order valence-corrected chi connectivity index (χ0v) is 13.9. The van der Waals surface area contributed by atoms with Crippen LogP contribution in [0.15, 0.2) is 51.2 Å². The summed E-state index contributed by atoms with van der Waals surface area (Å²) in [6.07, 6.45) is 2.99. The highest BCUT2D eigenvalue weighted by Gasteiger charge is 2.09. The number of para-hydroxylation sites is 2. The lowest BCUT2D eigenvalue weighted by atomic mass is 10.3. The van der Waals surface area contributed by atoms with Crippen LogP contribution in [-0.2, 0) is 11.3 Å². The van der Waals surface area contributed by atoms with E-state index in [2.05, 4.69) is 15.3 Å². The minimum atomic E-state index is -0.143. The smallest absolute Gasteiger partial charge is 0.257 e. The standard InChI is InChI=1S/C16H16N4O3S/c1-11-8-17-10-20(15(11)22)7-6-18-14(21)9-24-16-19-12-4-2-3-5-13(12)23-16/h2-5,8,10H,6-7,9H2,1H3,(H,18,21). The van der Waals surface area contributed by atoms with Gasteiger partial charge in [0.15, 0.2) is 5.58 Å². The lowest BCUT2D eigenvalue weighted by molar-refractivity contribution is -0.118. The second-order valence-electron chi connectivity index (χ2n) is 5.16. The second-order valence-corrected chi connectivity index (χ2v) is 6.09. The number of benzene rings is 1. The summed E-state index contributed by atoms with van der Waals surface area (Å²) in [5, 5.41) is 3.23. The summed E-state index contributed by atoms with van der Waals surface area (Å²) >= 11 is 1.24. The van der Waals surface area contributed by atoms with Crippen LogP contribution in [0, 0.1) is 6.92 Å². The third kappa shape index (κ3) is 3.83. The Morgan fingerprint density at radius 1 is 1.38 bits per heavy atom. The van der Waals surface area contributed by atoms with Gasteiger partial charge in [0.2, 0.25) is 5.91 Å². The van der Waals surface area contributed by atoms with Gasteiger partial charge in [0.1, 0.15) is 5.52 Å². The van der Waals surface area contributed by atoms with Crippen molar-refractivity contribution in [1.82, 2.24) is 19.9 Å². The number of amides is 1. The summed E-state index contributed by atoms with van der Waals surface area (Å²) in [6.45, 7) is 2.45. The van der Waals surface area contributed by atoms with Gasteiger partial charge in [-0.25, -0.2) is 9.97 Å². The van der Waals surface area contributed by atoms with Crippen molar-refractivity contribution in [3.8, 4) is 0 Å². The van der Waals surface area contributed by atoms with Gasteiger partial charge < -0.3 is 9.73 Å². The minimum Gasteiger partial charge on any atom is -0.431 e. The van der Waals surface area contributed by atoms with Crippen molar-refractivity contribution >= 4 is 28.8 Å². The van der Waals surface area contributed by atoms with Gasteiger partial charge in [-0.2, -0.15) is 0 Å². The molecule has 0 bridgehead atoms. The summed E-state index contributed by atoms with van der Waals surface area (Å²) in [7, 11) is 0. The summed E-state index contributed by atoms with van der Waals surface area (Å²) in [6, 6.07) is 7.45. The Bertz CT molecular complexity index is 886. The van der Waals surface area contributed by atoms with Crippen LogP contribution in [0.25, 0.3) is 11.1 Å². The van der Waals surface area contributed by atoms with E-state index in [9.17, 15) is 9.59 Å². The van der Waals surface area contributed by atoms with Gasteiger partial charge in [0.25, 0.3) is 10.8 Å². The molecule has 3 rings (SSSR count). The van der Waals surface area contributed by atoms with Crippen molar-refractivity contribution in [3.05, 3.63) is 52.7 Å². The third-order valence-corrected chi connectivity index (χ3v) is 4.18. The number of nitrogens with one attached hydrogen (secondary N) is 1. The number of aryl methyl sites for hydroxylation is 1. The number of hydrogen-bond acceptors (Lipinski definition) is 6. The highest BCUT2D eigenvalue weighted by Crippen LogP contribution is 2.22. The molecule has 0 saturated carbocycles. The lowest BCUT2D eigenvalue weighted by Gasteiger charge is -2.07. The number of carbonyl (C=O) groups is 1. The van der Waals surface area contributed by atoms with E-state index in [1.165, 1.54) is 28.9 Å². The Hall–Kier alpha value is -2.61. The van der Waals surface area contributed by atoms with Gasteiger partial charge >= 0.3 is 0 Å². The maximum Gasteiger partial charge on any atom is 0.257 e. The first-order chi connectivity index (χ1) is 11.6. The highest BCUT2D eigenvalue weighted by molar-refractivity contribution is 7.99. The zero-order chi connectivity index (χ0) is 16.9. The van der Waals surface area contributed by atoms with Gasteiger partial charge in [0.05, 0.1) is 12.1 Å². The maximum absolute atomic E-state index is 11.9. The molecule has 0 radical (unpaired) electrons. The molecule has 1 aromatic carbocycles. The Kier molecular flexibility index (Phi) is 4.95. The van der Waals surface area contributed by atoms with Crippen LogP contribution in [-0.4, -0.2) is 32.7 Å². The third-order valence-electron chi connectivity index (χ3n) is 3.35. The van der Waals surface area contributed by atoms with Crippen molar-refractivity contribution in [1.29, 1.82) is 0 Å². The van der Waals surface area contributed by atoms with E-state index in [-0.39, 0.29) is 17.2 Å². The number of thioether (sulfide) groups is 1. The molecule has 0 unspecified atom stereocenters. The van der Waals surface area contributed by atoms with Crippen molar-refractivity contribution in [2.45, 2.75) is 18.7 Å². The molecule has 3 aromatic rings.